The van der Waals surface area contributed by atoms with Crippen LogP contribution in [0.3, 0.4) is 0 Å². The molecule has 1 aromatic carbocycles. The van der Waals surface area contributed by atoms with Crippen LogP contribution in [0, 0.1) is 23.4 Å². The van der Waals surface area contributed by atoms with Crippen LogP contribution in [0.25, 0.3) is 16.7 Å². The summed E-state index contributed by atoms with van der Waals surface area (Å²) in [6.45, 7) is -0.481. The van der Waals surface area contributed by atoms with E-state index in [0.717, 1.165) is 23.1 Å². The van der Waals surface area contributed by atoms with Crippen LogP contribution in [0.4, 0.5) is 32.2 Å². The zero-order valence-corrected chi connectivity index (χ0v) is 19.3. The highest BCUT2D eigenvalue weighted by Gasteiger charge is 2.50. The van der Waals surface area contributed by atoms with E-state index in [9.17, 15) is 41.8 Å². The second-order valence-electron chi connectivity index (χ2n) is 9.35. The predicted molar refractivity (Wildman–Crippen MR) is 121 cm³/mol. The number of carbonyl (C=O) groups excluding carboxylic acids is 1. The highest BCUT2D eigenvalue weighted by Crippen LogP contribution is 2.40. The van der Waals surface area contributed by atoms with Crippen molar-refractivity contribution in [1.29, 1.82) is 0 Å². The van der Waals surface area contributed by atoms with Gasteiger partial charge in [-0.1, -0.05) is 6.07 Å². The van der Waals surface area contributed by atoms with Crippen LogP contribution in [-0.4, -0.2) is 63.2 Å². The summed E-state index contributed by atoms with van der Waals surface area (Å²) >= 11 is 0. The molecule has 3 atom stereocenters. The molecular formula is C24H20F6N4O4. The number of aliphatic hydroxyl groups is 2. The number of nitrogens with one attached hydrogen (secondary N) is 1. The van der Waals surface area contributed by atoms with Gasteiger partial charge in [0.05, 0.1) is 17.6 Å². The number of hydrogen-bond acceptors (Lipinski definition) is 6. The number of amides is 1. The first-order valence-corrected chi connectivity index (χ1v) is 11.6. The summed E-state index contributed by atoms with van der Waals surface area (Å²) in [4.78, 5) is 31.3. The molecule has 0 spiro atoms. The van der Waals surface area contributed by atoms with Crippen LogP contribution in [-0.2, 0) is 0 Å². The van der Waals surface area contributed by atoms with E-state index in [1.165, 1.54) is 0 Å². The van der Waals surface area contributed by atoms with E-state index >= 15 is 4.39 Å². The van der Waals surface area contributed by atoms with Crippen molar-refractivity contribution in [3.05, 3.63) is 63.7 Å². The summed E-state index contributed by atoms with van der Waals surface area (Å²) in [6, 6.07) is 1.18. The number of β-amino-alcohol motifs (C(OH)–C–C–N with tert-alkyl or cyclic N) is 2. The van der Waals surface area contributed by atoms with Crippen molar-refractivity contribution in [3.8, 4) is 5.69 Å². The van der Waals surface area contributed by atoms with Crippen molar-refractivity contribution in [2.75, 3.05) is 18.0 Å². The zero-order valence-electron chi connectivity index (χ0n) is 19.3. The Bertz CT molecular complexity index is 1460. The number of carbonyl (C=O) groups is 1. The topological polar surface area (TPSA) is 108 Å². The van der Waals surface area contributed by atoms with E-state index in [1.807, 2.05) is 0 Å². The molecule has 1 saturated carbocycles. The Morgan fingerprint density at radius 2 is 1.66 bits per heavy atom. The lowest BCUT2D eigenvalue weighted by Gasteiger charge is -2.22. The summed E-state index contributed by atoms with van der Waals surface area (Å²) in [6.07, 6.45) is -6.20. The van der Waals surface area contributed by atoms with Crippen molar-refractivity contribution in [1.82, 2.24) is 14.9 Å². The van der Waals surface area contributed by atoms with Gasteiger partial charge in [-0.05, 0) is 37.0 Å². The molecule has 2 aliphatic rings. The van der Waals surface area contributed by atoms with Gasteiger partial charge in [-0.15, -0.1) is 0 Å². The van der Waals surface area contributed by atoms with Gasteiger partial charge in [0.1, 0.15) is 28.9 Å². The van der Waals surface area contributed by atoms with Gasteiger partial charge in [-0.25, -0.2) is 18.2 Å². The Labute approximate surface area is 210 Å². The molecule has 1 aliphatic heterocycles. The lowest BCUT2D eigenvalue weighted by molar-refractivity contribution is -0.158. The summed E-state index contributed by atoms with van der Waals surface area (Å²) < 4.78 is 85.8. The smallest absolute Gasteiger partial charge is 0.389 e. The first-order chi connectivity index (χ1) is 17.9. The molecule has 5 rings (SSSR count). The maximum Gasteiger partial charge on any atom is 0.408 e. The largest absolute Gasteiger partial charge is 0.408 e. The van der Waals surface area contributed by atoms with Gasteiger partial charge in [0.2, 0.25) is 5.43 Å². The summed E-state index contributed by atoms with van der Waals surface area (Å²) in [5.41, 5.74) is -3.43. The lowest BCUT2D eigenvalue weighted by Crippen LogP contribution is -2.48. The molecule has 3 aromatic rings. The van der Waals surface area contributed by atoms with Gasteiger partial charge < -0.3 is 20.4 Å². The number of halogens is 6. The molecule has 3 heterocycles. The minimum Gasteiger partial charge on any atom is -0.389 e. The maximum absolute atomic E-state index is 15.1. The molecule has 3 N–H and O–H groups in total. The second kappa shape index (κ2) is 9.27. The van der Waals surface area contributed by atoms with Crippen molar-refractivity contribution in [2.45, 2.75) is 37.3 Å². The Morgan fingerprint density at radius 1 is 1.05 bits per heavy atom. The Morgan fingerprint density at radius 3 is 2.21 bits per heavy atom. The van der Waals surface area contributed by atoms with E-state index in [1.54, 1.807) is 5.32 Å². The average molecular weight is 542 g/mol. The van der Waals surface area contributed by atoms with Crippen molar-refractivity contribution in [2.24, 2.45) is 5.92 Å². The molecule has 2 aromatic heterocycles. The van der Waals surface area contributed by atoms with Crippen LogP contribution in [0.2, 0.25) is 0 Å². The third-order valence-corrected chi connectivity index (χ3v) is 6.63. The first-order valence-electron chi connectivity index (χ1n) is 11.6. The maximum atomic E-state index is 15.1. The van der Waals surface area contributed by atoms with Gasteiger partial charge in [-0.3, -0.25) is 14.2 Å². The number of aliphatic hydroxyl groups excluding tert-OH is 2. The molecule has 0 radical (unpaired) electrons. The minimum absolute atomic E-state index is 0.213. The molecule has 1 amide bonds. The molecule has 38 heavy (non-hydrogen) atoms. The highest BCUT2D eigenvalue weighted by molar-refractivity contribution is 5.97. The van der Waals surface area contributed by atoms with Crippen LogP contribution in [0.5, 0.6) is 0 Å². The van der Waals surface area contributed by atoms with Crippen molar-refractivity contribution < 1.29 is 41.4 Å². The van der Waals surface area contributed by atoms with E-state index in [-0.39, 0.29) is 25.9 Å². The van der Waals surface area contributed by atoms with Crippen molar-refractivity contribution >= 4 is 22.8 Å². The third kappa shape index (κ3) is 4.58. The summed E-state index contributed by atoms with van der Waals surface area (Å²) in [5, 5.41) is 20.8. The Balaban J connectivity index is 1.71. The fraction of sp³-hybridized carbons (Fsp3) is 0.375. The Kier molecular flexibility index (Phi) is 6.34. The highest BCUT2D eigenvalue weighted by atomic mass is 19.4. The van der Waals surface area contributed by atoms with Gasteiger partial charge in [0.15, 0.2) is 17.3 Å². The number of fused-ring (bicyclic) bond motifs is 1. The van der Waals surface area contributed by atoms with E-state index in [2.05, 4.69) is 4.98 Å². The number of rotatable bonds is 5. The molecular weight excluding hydrogens is 522 g/mol. The van der Waals surface area contributed by atoms with E-state index in [0.29, 0.717) is 16.8 Å². The molecule has 2 fully saturated rings. The summed E-state index contributed by atoms with van der Waals surface area (Å²) in [7, 11) is 0. The van der Waals surface area contributed by atoms with Crippen LogP contribution in [0.15, 0.2) is 35.3 Å². The van der Waals surface area contributed by atoms with Crippen molar-refractivity contribution in [3.63, 3.8) is 0 Å². The number of nitrogens with zero attached hydrogens (tertiary/aromatic N) is 3. The molecule has 202 valence electrons. The average Bonchev–Trinajstić information content (AvgIpc) is 3.61. The first kappa shape index (κ1) is 26.0. The molecule has 0 unspecified atom stereocenters. The molecule has 0 bridgehead atoms. The molecule has 1 aliphatic carbocycles. The molecule has 14 heteroatoms. The normalized spacial score (nSPS) is 20.7. The SMILES string of the molecule is O=C(N[C@@H](C1CC1)C(F)(F)F)c1cn(-c2c(F)cccc2F)c2nc(N3C[C@@H](O)[C@H](O)C3)c(F)cc2c1=O. The van der Waals surface area contributed by atoms with E-state index < -0.39 is 87.2 Å². The number of aromatic nitrogens is 2. The molecule has 8 nitrogen and oxygen atoms in total. The lowest BCUT2D eigenvalue weighted by atomic mass is 10.1. The number of alkyl halides is 3. The second-order valence-corrected chi connectivity index (χ2v) is 9.35. The number of hydrogen-bond donors (Lipinski definition) is 3. The minimum atomic E-state index is -4.81. The monoisotopic (exact) mass is 542 g/mol. The Hall–Kier alpha value is -3.65. The predicted octanol–water partition coefficient (Wildman–Crippen LogP) is 2.42. The standard InChI is InChI=1S/C24H20F6N4O4/c25-13-2-1-3-14(26)18(13)34-7-12(23(38)31-20(10-4-5-10)24(28,29)30)19(37)11-6-15(27)22(32-21(11)34)33-8-16(35)17(36)9-33/h1-3,6-7,10,16-17,20,35-36H,4-5,8-9H2,(H,31,38)/t16-,17-,20+/m1/s1. The van der Waals surface area contributed by atoms with Gasteiger partial charge >= 0.3 is 6.18 Å². The van der Waals surface area contributed by atoms with Gasteiger partial charge in [0, 0.05) is 19.3 Å². The number of benzene rings is 1. The fourth-order valence-corrected chi connectivity index (χ4v) is 4.55. The van der Waals surface area contributed by atoms with E-state index in [4.69, 9.17) is 0 Å². The quantitative estimate of drug-likeness (QED) is 0.428. The molecule has 1 saturated heterocycles. The zero-order chi connectivity index (χ0) is 27.5. The van der Waals surface area contributed by atoms with Crippen LogP contribution < -0.4 is 15.6 Å². The summed E-state index contributed by atoms with van der Waals surface area (Å²) in [5.74, 6) is -6.23. The van der Waals surface area contributed by atoms with Crippen LogP contribution >= 0.6 is 0 Å². The fourth-order valence-electron chi connectivity index (χ4n) is 4.55. The van der Waals surface area contributed by atoms with Gasteiger partial charge in [0.25, 0.3) is 5.91 Å². The van der Waals surface area contributed by atoms with Crippen LogP contribution in [0.1, 0.15) is 23.2 Å². The number of para-hydroxylation sites is 1. The van der Waals surface area contributed by atoms with Gasteiger partial charge in [-0.2, -0.15) is 13.2 Å². The number of anilines is 1. The third-order valence-electron chi connectivity index (χ3n) is 6.63. The number of pyridine rings is 2.